The molecule has 0 heterocycles. The van der Waals surface area contributed by atoms with Crippen molar-refractivity contribution in [3.8, 4) is 0 Å². The van der Waals surface area contributed by atoms with Crippen LogP contribution in [-0.4, -0.2) is 23.5 Å². The van der Waals surface area contributed by atoms with Gasteiger partial charge in [0.2, 0.25) is 0 Å². The minimum atomic E-state index is -0.799. The summed E-state index contributed by atoms with van der Waals surface area (Å²) in [5.41, 5.74) is 2.77. The number of aryl methyl sites for hydroxylation is 2. The molecule has 0 bridgehead atoms. The number of rotatable bonds is 6. The first-order chi connectivity index (χ1) is 8.88. The summed E-state index contributed by atoms with van der Waals surface area (Å²) in [6.45, 7) is 6.35. The number of carboxylic acid groups (broad SMARTS) is 1. The van der Waals surface area contributed by atoms with E-state index < -0.39 is 5.97 Å². The summed E-state index contributed by atoms with van der Waals surface area (Å²) in [6.07, 6.45) is 0.711. The van der Waals surface area contributed by atoms with Crippen LogP contribution in [0.4, 0.5) is 0 Å². The summed E-state index contributed by atoms with van der Waals surface area (Å²) in [5, 5.41) is 11.4. The molecule has 0 radical (unpaired) electrons. The van der Waals surface area contributed by atoms with Gasteiger partial charge in [0.05, 0.1) is 0 Å². The third-order valence-electron chi connectivity index (χ3n) is 2.95. The van der Waals surface area contributed by atoms with Crippen LogP contribution >= 0.6 is 0 Å². The fourth-order valence-corrected chi connectivity index (χ4v) is 1.95. The van der Waals surface area contributed by atoms with E-state index in [-0.39, 0.29) is 18.2 Å². The SMILES string of the molecule is Cc1cc(C)cc(C(=O)NCC(C)CCC(=O)O)c1. The number of carbonyl (C=O) groups is 2. The van der Waals surface area contributed by atoms with Gasteiger partial charge in [0.1, 0.15) is 0 Å². The fourth-order valence-electron chi connectivity index (χ4n) is 1.95. The standard InChI is InChI=1S/C15H21NO3/c1-10(4-5-14(17)18)9-16-15(19)13-7-11(2)6-12(3)8-13/h6-8,10H,4-5,9H2,1-3H3,(H,16,19)(H,17,18). The maximum Gasteiger partial charge on any atom is 0.303 e. The Morgan fingerprint density at radius 2 is 1.79 bits per heavy atom. The van der Waals surface area contributed by atoms with Crippen molar-refractivity contribution < 1.29 is 14.7 Å². The van der Waals surface area contributed by atoms with Crippen molar-refractivity contribution in [2.24, 2.45) is 5.92 Å². The van der Waals surface area contributed by atoms with Gasteiger partial charge in [0, 0.05) is 18.5 Å². The number of carbonyl (C=O) groups excluding carboxylic acids is 1. The maximum atomic E-state index is 12.0. The summed E-state index contributed by atoms with van der Waals surface area (Å²) in [4.78, 5) is 22.4. The molecule has 1 unspecified atom stereocenters. The van der Waals surface area contributed by atoms with Crippen LogP contribution in [0.5, 0.6) is 0 Å². The zero-order valence-corrected chi connectivity index (χ0v) is 11.7. The molecule has 0 saturated heterocycles. The third-order valence-corrected chi connectivity index (χ3v) is 2.95. The molecular weight excluding hydrogens is 242 g/mol. The van der Waals surface area contributed by atoms with E-state index in [1.165, 1.54) is 0 Å². The first kappa shape index (κ1) is 15.2. The number of amides is 1. The smallest absolute Gasteiger partial charge is 0.303 e. The van der Waals surface area contributed by atoms with E-state index >= 15 is 0 Å². The highest BCUT2D eigenvalue weighted by Crippen LogP contribution is 2.09. The van der Waals surface area contributed by atoms with Crippen molar-refractivity contribution in [1.82, 2.24) is 5.32 Å². The van der Waals surface area contributed by atoms with E-state index in [2.05, 4.69) is 5.32 Å². The Labute approximate surface area is 113 Å². The van der Waals surface area contributed by atoms with Crippen molar-refractivity contribution in [1.29, 1.82) is 0 Å². The molecule has 2 N–H and O–H groups in total. The van der Waals surface area contributed by atoms with Crippen LogP contribution in [0.15, 0.2) is 18.2 Å². The van der Waals surface area contributed by atoms with Crippen molar-refractivity contribution in [2.45, 2.75) is 33.6 Å². The van der Waals surface area contributed by atoms with Crippen LogP contribution < -0.4 is 5.32 Å². The second kappa shape index (κ2) is 6.92. The number of hydrogen-bond acceptors (Lipinski definition) is 2. The molecule has 104 valence electrons. The van der Waals surface area contributed by atoms with E-state index in [0.29, 0.717) is 18.5 Å². The van der Waals surface area contributed by atoms with E-state index in [0.717, 1.165) is 11.1 Å². The predicted molar refractivity (Wildman–Crippen MR) is 74.3 cm³/mol. The number of aliphatic carboxylic acids is 1. The minimum Gasteiger partial charge on any atom is -0.481 e. The van der Waals surface area contributed by atoms with Gasteiger partial charge in [0.15, 0.2) is 0 Å². The molecule has 4 heteroatoms. The van der Waals surface area contributed by atoms with E-state index in [4.69, 9.17) is 5.11 Å². The molecule has 1 aromatic carbocycles. The lowest BCUT2D eigenvalue weighted by molar-refractivity contribution is -0.137. The molecule has 0 aliphatic carbocycles. The van der Waals surface area contributed by atoms with Gasteiger partial charge in [-0.2, -0.15) is 0 Å². The van der Waals surface area contributed by atoms with E-state index in [9.17, 15) is 9.59 Å². The quantitative estimate of drug-likeness (QED) is 0.828. The number of carboxylic acids is 1. The lowest BCUT2D eigenvalue weighted by Gasteiger charge is -2.12. The Morgan fingerprint density at radius 1 is 1.21 bits per heavy atom. The van der Waals surface area contributed by atoms with Crippen LogP contribution in [-0.2, 0) is 4.79 Å². The Kier molecular flexibility index (Phi) is 5.55. The molecule has 1 aromatic rings. The van der Waals surface area contributed by atoms with Gasteiger partial charge in [-0.15, -0.1) is 0 Å². The molecule has 1 amide bonds. The highest BCUT2D eigenvalue weighted by Gasteiger charge is 2.10. The fraction of sp³-hybridized carbons (Fsp3) is 0.467. The van der Waals surface area contributed by atoms with Crippen molar-refractivity contribution in [3.63, 3.8) is 0 Å². The van der Waals surface area contributed by atoms with Gasteiger partial charge in [-0.25, -0.2) is 0 Å². The van der Waals surface area contributed by atoms with Gasteiger partial charge in [-0.05, 0) is 38.3 Å². The molecule has 0 aromatic heterocycles. The zero-order valence-electron chi connectivity index (χ0n) is 11.7. The van der Waals surface area contributed by atoms with Crippen LogP contribution in [0, 0.1) is 19.8 Å². The summed E-state index contributed by atoms with van der Waals surface area (Å²) in [7, 11) is 0. The Balaban J connectivity index is 2.48. The molecule has 19 heavy (non-hydrogen) atoms. The average Bonchev–Trinajstić information content (AvgIpc) is 2.32. The zero-order chi connectivity index (χ0) is 14.4. The van der Waals surface area contributed by atoms with Gasteiger partial charge in [-0.3, -0.25) is 9.59 Å². The summed E-state index contributed by atoms with van der Waals surface area (Å²) >= 11 is 0. The lowest BCUT2D eigenvalue weighted by atomic mass is 10.0. The monoisotopic (exact) mass is 263 g/mol. The number of nitrogens with one attached hydrogen (secondary N) is 1. The van der Waals surface area contributed by atoms with Crippen molar-refractivity contribution >= 4 is 11.9 Å². The third kappa shape index (κ3) is 5.55. The second-order valence-electron chi connectivity index (χ2n) is 5.12. The largest absolute Gasteiger partial charge is 0.481 e. The first-order valence-electron chi connectivity index (χ1n) is 6.46. The summed E-state index contributed by atoms with van der Waals surface area (Å²) < 4.78 is 0. The molecule has 0 spiro atoms. The first-order valence-corrected chi connectivity index (χ1v) is 6.46. The van der Waals surface area contributed by atoms with Gasteiger partial charge >= 0.3 is 5.97 Å². The van der Waals surface area contributed by atoms with Crippen molar-refractivity contribution in [2.75, 3.05) is 6.54 Å². The van der Waals surface area contributed by atoms with E-state index in [1.54, 1.807) is 0 Å². The Hall–Kier alpha value is -1.84. The molecule has 0 aliphatic rings. The number of benzene rings is 1. The van der Waals surface area contributed by atoms with Gasteiger partial charge in [-0.1, -0.05) is 24.1 Å². The summed E-state index contributed by atoms with van der Waals surface area (Å²) in [6, 6.07) is 5.72. The molecule has 0 aliphatic heterocycles. The highest BCUT2D eigenvalue weighted by atomic mass is 16.4. The lowest BCUT2D eigenvalue weighted by Crippen LogP contribution is -2.28. The van der Waals surface area contributed by atoms with Gasteiger partial charge < -0.3 is 10.4 Å². The Bertz CT molecular complexity index is 448. The normalized spacial score (nSPS) is 11.9. The Morgan fingerprint density at radius 3 is 2.32 bits per heavy atom. The minimum absolute atomic E-state index is 0.103. The van der Waals surface area contributed by atoms with E-state index in [1.807, 2.05) is 39.0 Å². The summed E-state index contributed by atoms with van der Waals surface area (Å²) in [5.74, 6) is -0.743. The van der Waals surface area contributed by atoms with Crippen LogP contribution in [0.3, 0.4) is 0 Å². The average molecular weight is 263 g/mol. The maximum absolute atomic E-state index is 12.0. The van der Waals surface area contributed by atoms with Crippen molar-refractivity contribution in [3.05, 3.63) is 34.9 Å². The predicted octanol–water partition coefficient (Wildman–Crippen LogP) is 2.53. The van der Waals surface area contributed by atoms with Crippen LogP contribution in [0.1, 0.15) is 41.3 Å². The molecule has 0 saturated carbocycles. The molecule has 0 fully saturated rings. The molecule has 4 nitrogen and oxygen atoms in total. The van der Waals surface area contributed by atoms with Crippen LogP contribution in [0.2, 0.25) is 0 Å². The second-order valence-corrected chi connectivity index (χ2v) is 5.12. The molecule has 1 atom stereocenters. The highest BCUT2D eigenvalue weighted by molar-refractivity contribution is 5.94. The van der Waals surface area contributed by atoms with Gasteiger partial charge in [0.25, 0.3) is 5.91 Å². The molecular formula is C15H21NO3. The number of hydrogen-bond donors (Lipinski definition) is 2. The van der Waals surface area contributed by atoms with Crippen LogP contribution in [0.25, 0.3) is 0 Å². The molecule has 1 rings (SSSR count). The topological polar surface area (TPSA) is 66.4 Å².